The second kappa shape index (κ2) is 4.56. The van der Waals surface area contributed by atoms with Crippen LogP contribution in [0.1, 0.15) is 11.9 Å². The minimum Gasteiger partial charge on any atom is -0.394 e. The van der Waals surface area contributed by atoms with Crippen molar-refractivity contribution in [2.45, 2.75) is 6.04 Å². The lowest BCUT2D eigenvalue weighted by Gasteiger charge is -1.98. The van der Waals surface area contributed by atoms with Crippen molar-refractivity contribution < 1.29 is 18.4 Å². The Morgan fingerprint density at radius 1 is 1.29 bits per heavy atom. The van der Waals surface area contributed by atoms with Crippen molar-refractivity contribution >= 4 is 0 Å². The van der Waals surface area contributed by atoms with Crippen molar-refractivity contribution in [2.75, 3.05) is 6.61 Å². The van der Waals surface area contributed by atoms with Gasteiger partial charge in [-0.2, -0.15) is 4.98 Å². The summed E-state index contributed by atoms with van der Waals surface area (Å²) in [5.41, 5.74) is 5.59. The normalized spacial score (nSPS) is 12.7. The van der Waals surface area contributed by atoms with E-state index in [0.717, 1.165) is 18.2 Å². The lowest BCUT2D eigenvalue weighted by Crippen LogP contribution is -2.14. The predicted molar refractivity (Wildman–Crippen MR) is 53.7 cm³/mol. The van der Waals surface area contributed by atoms with E-state index in [1.807, 2.05) is 0 Å². The second-order valence-corrected chi connectivity index (χ2v) is 3.40. The summed E-state index contributed by atoms with van der Waals surface area (Å²) in [6, 6.07) is 2.07. The minimum absolute atomic E-state index is 0.00664. The van der Waals surface area contributed by atoms with Crippen molar-refractivity contribution in [3.8, 4) is 11.4 Å². The van der Waals surface area contributed by atoms with Gasteiger partial charge in [0.2, 0.25) is 11.7 Å². The van der Waals surface area contributed by atoms with Gasteiger partial charge < -0.3 is 15.4 Å². The molecular formula is C10H9F2N3O2. The van der Waals surface area contributed by atoms with Crippen LogP contribution in [0.3, 0.4) is 0 Å². The van der Waals surface area contributed by atoms with E-state index < -0.39 is 17.7 Å². The maximum absolute atomic E-state index is 13.0. The van der Waals surface area contributed by atoms with Gasteiger partial charge in [-0.25, -0.2) is 8.78 Å². The number of benzene rings is 1. The van der Waals surface area contributed by atoms with E-state index in [1.54, 1.807) is 0 Å². The van der Waals surface area contributed by atoms with Crippen LogP contribution in [0, 0.1) is 11.6 Å². The van der Waals surface area contributed by atoms with Gasteiger partial charge in [-0.3, -0.25) is 0 Å². The van der Waals surface area contributed by atoms with Gasteiger partial charge in [0.1, 0.15) is 17.7 Å². The number of nitrogens with zero attached hydrogens (tertiary/aromatic N) is 2. The van der Waals surface area contributed by atoms with Crippen LogP contribution < -0.4 is 5.73 Å². The first kappa shape index (κ1) is 11.6. The molecule has 0 radical (unpaired) electrons. The highest BCUT2D eigenvalue weighted by Gasteiger charge is 2.15. The summed E-state index contributed by atoms with van der Waals surface area (Å²) in [6.45, 7) is -0.362. The molecule has 0 aliphatic heterocycles. The second-order valence-electron chi connectivity index (χ2n) is 3.40. The number of hydrogen-bond acceptors (Lipinski definition) is 5. The first-order valence-corrected chi connectivity index (χ1v) is 4.76. The summed E-state index contributed by atoms with van der Waals surface area (Å²) < 4.78 is 30.7. The van der Waals surface area contributed by atoms with Crippen LogP contribution in [0.5, 0.6) is 0 Å². The fourth-order valence-corrected chi connectivity index (χ4v) is 1.26. The van der Waals surface area contributed by atoms with Crippen LogP contribution >= 0.6 is 0 Å². The lowest BCUT2D eigenvalue weighted by atomic mass is 10.2. The molecule has 2 aromatic rings. The first-order valence-electron chi connectivity index (χ1n) is 4.76. The Balaban J connectivity index is 2.36. The fraction of sp³-hybridized carbons (Fsp3) is 0.200. The third-order valence-electron chi connectivity index (χ3n) is 2.08. The summed E-state index contributed by atoms with van der Waals surface area (Å²) >= 11 is 0. The molecule has 0 aliphatic rings. The molecule has 0 saturated carbocycles. The zero-order chi connectivity index (χ0) is 12.4. The molecule has 0 saturated heterocycles. The van der Waals surface area contributed by atoms with E-state index in [0.29, 0.717) is 0 Å². The van der Waals surface area contributed by atoms with Crippen LogP contribution in [-0.2, 0) is 0 Å². The largest absolute Gasteiger partial charge is 0.394 e. The molecule has 0 bridgehead atoms. The van der Waals surface area contributed by atoms with Gasteiger partial charge in [-0.05, 0) is 12.1 Å². The summed E-state index contributed by atoms with van der Waals surface area (Å²) in [4.78, 5) is 3.84. The molecule has 1 heterocycles. The zero-order valence-corrected chi connectivity index (χ0v) is 8.60. The smallest absolute Gasteiger partial charge is 0.246 e. The zero-order valence-electron chi connectivity index (χ0n) is 8.60. The molecule has 17 heavy (non-hydrogen) atoms. The highest BCUT2D eigenvalue weighted by Crippen LogP contribution is 2.20. The van der Waals surface area contributed by atoms with E-state index >= 15 is 0 Å². The number of hydrogen-bond donors (Lipinski definition) is 2. The highest BCUT2D eigenvalue weighted by atomic mass is 19.1. The predicted octanol–water partition coefficient (Wildman–Crippen LogP) is 1.01. The topological polar surface area (TPSA) is 85.2 Å². The van der Waals surface area contributed by atoms with Gasteiger partial charge in [0.25, 0.3) is 0 Å². The molecule has 7 heteroatoms. The van der Waals surface area contributed by atoms with Gasteiger partial charge in [0.05, 0.1) is 6.61 Å². The van der Waals surface area contributed by atoms with E-state index in [9.17, 15) is 8.78 Å². The SMILES string of the molecule is N[C@@H](CO)c1nc(-c2cc(F)cc(F)c2)no1. The third kappa shape index (κ3) is 2.45. The molecule has 1 aromatic heterocycles. The van der Waals surface area contributed by atoms with Gasteiger partial charge in [-0.1, -0.05) is 5.16 Å². The number of aliphatic hydroxyl groups excluding tert-OH is 1. The maximum atomic E-state index is 13.0. The number of nitrogens with two attached hydrogens (primary N) is 1. The molecule has 3 N–H and O–H groups in total. The Morgan fingerprint density at radius 2 is 1.94 bits per heavy atom. The van der Waals surface area contributed by atoms with Crippen LogP contribution in [-0.4, -0.2) is 21.9 Å². The van der Waals surface area contributed by atoms with E-state index in [4.69, 9.17) is 15.4 Å². The van der Waals surface area contributed by atoms with Crippen molar-refractivity contribution in [1.82, 2.24) is 10.1 Å². The van der Waals surface area contributed by atoms with E-state index in [1.165, 1.54) is 0 Å². The van der Waals surface area contributed by atoms with Crippen molar-refractivity contribution in [3.05, 3.63) is 35.7 Å². The van der Waals surface area contributed by atoms with Crippen molar-refractivity contribution in [2.24, 2.45) is 5.73 Å². The standard InChI is InChI=1S/C10H9F2N3O2/c11-6-1-5(2-7(12)3-6)9-14-10(17-15-9)8(13)4-16/h1-3,8,16H,4,13H2/t8-/m0/s1. The maximum Gasteiger partial charge on any atom is 0.246 e. The Labute approximate surface area is 94.9 Å². The molecule has 0 amide bonds. The van der Waals surface area contributed by atoms with E-state index in [2.05, 4.69) is 10.1 Å². The number of rotatable bonds is 3. The summed E-state index contributed by atoms with van der Waals surface area (Å²) in [6.07, 6.45) is 0. The van der Waals surface area contributed by atoms with Crippen LogP contribution in [0.4, 0.5) is 8.78 Å². The van der Waals surface area contributed by atoms with Gasteiger partial charge in [0, 0.05) is 11.6 Å². The Bertz CT molecular complexity index is 510. The lowest BCUT2D eigenvalue weighted by molar-refractivity contribution is 0.237. The third-order valence-corrected chi connectivity index (χ3v) is 2.08. The summed E-state index contributed by atoms with van der Waals surface area (Å²) in [5, 5.41) is 12.3. The minimum atomic E-state index is -0.811. The Kier molecular flexibility index (Phi) is 3.12. The number of aliphatic hydroxyl groups is 1. The Morgan fingerprint density at radius 3 is 2.53 bits per heavy atom. The summed E-state index contributed by atoms with van der Waals surface area (Å²) in [5.74, 6) is -1.45. The highest BCUT2D eigenvalue weighted by molar-refractivity contribution is 5.54. The molecule has 1 atom stereocenters. The van der Waals surface area contributed by atoms with Crippen molar-refractivity contribution in [1.29, 1.82) is 0 Å². The quantitative estimate of drug-likeness (QED) is 0.837. The molecule has 0 fully saturated rings. The monoisotopic (exact) mass is 241 g/mol. The average molecular weight is 241 g/mol. The molecule has 0 unspecified atom stereocenters. The Hall–Kier alpha value is -1.86. The molecule has 90 valence electrons. The number of aromatic nitrogens is 2. The van der Waals surface area contributed by atoms with Gasteiger partial charge >= 0.3 is 0 Å². The molecule has 2 rings (SSSR count). The molecule has 0 aliphatic carbocycles. The summed E-state index contributed by atoms with van der Waals surface area (Å²) in [7, 11) is 0. The molecule has 1 aromatic carbocycles. The van der Waals surface area contributed by atoms with Gasteiger partial charge in [-0.15, -0.1) is 0 Å². The van der Waals surface area contributed by atoms with Crippen LogP contribution in [0.25, 0.3) is 11.4 Å². The van der Waals surface area contributed by atoms with Crippen LogP contribution in [0.2, 0.25) is 0 Å². The molecule has 0 spiro atoms. The van der Waals surface area contributed by atoms with E-state index in [-0.39, 0.29) is 23.9 Å². The molecule has 5 nitrogen and oxygen atoms in total. The first-order chi connectivity index (χ1) is 8.10. The molecular weight excluding hydrogens is 232 g/mol. The average Bonchev–Trinajstić information content (AvgIpc) is 2.76. The van der Waals surface area contributed by atoms with Crippen molar-refractivity contribution in [3.63, 3.8) is 0 Å². The van der Waals surface area contributed by atoms with Crippen LogP contribution in [0.15, 0.2) is 22.7 Å². The fourth-order valence-electron chi connectivity index (χ4n) is 1.26. The number of halogens is 2. The van der Waals surface area contributed by atoms with Gasteiger partial charge in [0.15, 0.2) is 0 Å².